The topological polar surface area (TPSA) is 29.1 Å². The number of rotatable bonds is 3. The lowest BCUT2D eigenvalue weighted by Crippen LogP contribution is -2.14. The molecule has 16 heavy (non-hydrogen) atoms. The molecule has 1 aliphatic carbocycles. The first kappa shape index (κ1) is 11.9. The Balaban J connectivity index is 1.84. The zero-order valence-electron chi connectivity index (χ0n) is 9.21. The molecule has 3 heteroatoms. The van der Waals surface area contributed by atoms with E-state index in [1.165, 1.54) is 29.3 Å². The Morgan fingerprint density at radius 3 is 2.50 bits per heavy atom. The summed E-state index contributed by atoms with van der Waals surface area (Å²) in [5.41, 5.74) is 0.906. The van der Waals surface area contributed by atoms with Gasteiger partial charge < -0.3 is 5.32 Å². The van der Waals surface area contributed by atoms with Crippen molar-refractivity contribution in [2.45, 2.75) is 32.1 Å². The molecular formula is C13H16INO. The maximum atomic E-state index is 11.7. The number of benzene rings is 1. The fourth-order valence-corrected chi connectivity index (χ4v) is 2.58. The third-order valence-electron chi connectivity index (χ3n) is 3.08. The molecule has 0 saturated heterocycles. The summed E-state index contributed by atoms with van der Waals surface area (Å²) in [7, 11) is 0. The van der Waals surface area contributed by atoms with Gasteiger partial charge in [0.1, 0.15) is 0 Å². The Labute approximate surface area is 110 Å². The van der Waals surface area contributed by atoms with Gasteiger partial charge in [-0.2, -0.15) is 0 Å². The Hall–Kier alpha value is -0.580. The van der Waals surface area contributed by atoms with Crippen LogP contribution in [-0.4, -0.2) is 5.91 Å². The van der Waals surface area contributed by atoms with E-state index in [0.29, 0.717) is 12.3 Å². The number of hydrogen-bond acceptors (Lipinski definition) is 1. The number of hydrogen-bond donors (Lipinski definition) is 1. The van der Waals surface area contributed by atoms with Crippen molar-refractivity contribution in [1.29, 1.82) is 0 Å². The minimum atomic E-state index is 0.160. The van der Waals surface area contributed by atoms with Crippen LogP contribution in [0.25, 0.3) is 0 Å². The highest BCUT2D eigenvalue weighted by Crippen LogP contribution is 2.27. The molecule has 2 nitrogen and oxygen atoms in total. The molecule has 0 bridgehead atoms. The molecule has 1 N–H and O–H groups in total. The van der Waals surface area contributed by atoms with Crippen LogP contribution in [0.5, 0.6) is 0 Å². The number of amides is 1. The average Bonchev–Trinajstić information content (AvgIpc) is 2.74. The van der Waals surface area contributed by atoms with Crippen molar-refractivity contribution in [2.75, 3.05) is 5.32 Å². The predicted molar refractivity (Wildman–Crippen MR) is 74.4 cm³/mol. The van der Waals surface area contributed by atoms with Crippen LogP contribution in [0.3, 0.4) is 0 Å². The summed E-state index contributed by atoms with van der Waals surface area (Å²) in [6.07, 6.45) is 5.72. The number of carbonyl (C=O) groups is 1. The van der Waals surface area contributed by atoms with Crippen LogP contribution in [0, 0.1) is 9.49 Å². The van der Waals surface area contributed by atoms with Gasteiger partial charge in [-0.3, -0.25) is 4.79 Å². The Morgan fingerprint density at radius 1 is 1.25 bits per heavy atom. The van der Waals surface area contributed by atoms with Crippen LogP contribution in [0.15, 0.2) is 24.3 Å². The first-order valence-corrected chi connectivity index (χ1v) is 6.87. The molecule has 0 heterocycles. The van der Waals surface area contributed by atoms with Crippen molar-refractivity contribution in [3.63, 3.8) is 0 Å². The van der Waals surface area contributed by atoms with E-state index in [1.807, 2.05) is 24.3 Å². The molecule has 86 valence electrons. The van der Waals surface area contributed by atoms with E-state index < -0.39 is 0 Å². The van der Waals surface area contributed by atoms with Gasteiger partial charge in [0.15, 0.2) is 0 Å². The van der Waals surface area contributed by atoms with Crippen LogP contribution in [0.2, 0.25) is 0 Å². The van der Waals surface area contributed by atoms with Gasteiger partial charge in [-0.25, -0.2) is 0 Å². The number of anilines is 1. The van der Waals surface area contributed by atoms with Crippen molar-refractivity contribution in [1.82, 2.24) is 0 Å². The third kappa shape index (κ3) is 3.47. The standard InChI is InChI=1S/C13H16INO/c14-11-5-7-12(8-6-11)15-13(16)9-10-3-1-2-4-10/h5-8,10H,1-4,9H2,(H,15,16). The van der Waals surface area contributed by atoms with Crippen molar-refractivity contribution < 1.29 is 4.79 Å². The van der Waals surface area contributed by atoms with Gasteiger partial charge in [-0.05, 0) is 65.6 Å². The lowest BCUT2D eigenvalue weighted by Gasteiger charge is -2.09. The number of carbonyl (C=O) groups excluding carboxylic acids is 1. The van der Waals surface area contributed by atoms with Crippen LogP contribution in [-0.2, 0) is 4.79 Å². The fraction of sp³-hybridized carbons (Fsp3) is 0.462. The number of halogens is 1. The van der Waals surface area contributed by atoms with E-state index in [0.717, 1.165) is 5.69 Å². The Kier molecular flexibility index (Phi) is 4.21. The highest BCUT2D eigenvalue weighted by molar-refractivity contribution is 14.1. The maximum Gasteiger partial charge on any atom is 0.224 e. The summed E-state index contributed by atoms with van der Waals surface area (Å²) in [5, 5.41) is 2.95. The molecule has 0 unspecified atom stereocenters. The molecule has 0 atom stereocenters. The minimum absolute atomic E-state index is 0.160. The summed E-state index contributed by atoms with van der Waals surface area (Å²) in [4.78, 5) is 11.7. The molecule has 1 saturated carbocycles. The van der Waals surface area contributed by atoms with Gasteiger partial charge >= 0.3 is 0 Å². The largest absolute Gasteiger partial charge is 0.326 e. The van der Waals surface area contributed by atoms with Gasteiger partial charge in [-0.15, -0.1) is 0 Å². The summed E-state index contributed by atoms with van der Waals surface area (Å²) < 4.78 is 1.19. The van der Waals surface area contributed by atoms with Crippen molar-refractivity contribution in [2.24, 2.45) is 5.92 Å². The van der Waals surface area contributed by atoms with Gasteiger partial charge in [0.2, 0.25) is 5.91 Å². The summed E-state index contributed by atoms with van der Waals surface area (Å²) in [6.45, 7) is 0. The highest BCUT2D eigenvalue weighted by atomic mass is 127. The second kappa shape index (κ2) is 5.66. The quantitative estimate of drug-likeness (QED) is 0.840. The van der Waals surface area contributed by atoms with Gasteiger partial charge in [0.25, 0.3) is 0 Å². The third-order valence-corrected chi connectivity index (χ3v) is 3.80. The number of nitrogens with one attached hydrogen (secondary N) is 1. The average molecular weight is 329 g/mol. The predicted octanol–water partition coefficient (Wildman–Crippen LogP) is 3.81. The second-order valence-corrected chi connectivity index (χ2v) is 5.66. The lowest BCUT2D eigenvalue weighted by atomic mass is 10.0. The Morgan fingerprint density at radius 2 is 1.88 bits per heavy atom. The fourth-order valence-electron chi connectivity index (χ4n) is 2.22. The second-order valence-electron chi connectivity index (χ2n) is 4.41. The highest BCUT2D eigenvalue weighted by Gasteiger charge is 2.18. The molecule has 2 rings (SSSR count). The van der Waals surface area contributed by atoms with E-state index in [1.54, 1.807) is 0 Å². The van der Waals surface area contributed by atoms with Crippen LogP contribution < -0.4 is 5.32 Å². The molecule has 0 spiro atoms. The van der Waals surface area contributed by atoms with Crippen LogP contribution in [0.4, 0.5) is 5.69 Å². The molecule has 0 aromatic heterocycles. The molecule has 1 amide bonds. The van der Waals surface area contributed by atoms with E-state index >= 15 is 0 Å². The summed E-state index contributed by atoms with van der Waals surface area (Å²) >= 11 is 2.26. The van der Waals surface area contributed by atoms with Gasteiger partial charge in [0, 0.05) is 15.7 Å². The van der Waals surface area contributed by atoms with E-state index in [9.17, 15) is 4.79 Å². The monoisotopic (exact) mass is 329 g/mol. The molecule has 1 fully saturated rings. The van der Waals surface area contributed by atoms with Crippen molar-refractivity contribution >= 4 is 34.2 Å². The molecule has 1 aliphatic rings. The zero-order chi connectivity index (χ0) is 11.4. The lowest BCUT2D eigenvalue weighted by molar-refractivity contribution is -0.117. The summed E-state index contributed by atoms with van der Waals surface area (Å²) in [5.74, 6) is 0.775. The SMILES string of the molecule is O=C(CC1CCCC1)Nc1ccc(I)cc1. The van der Waals surface area contributed by atoms with Gasteiger partial charge in [0.05, 0.1) is 0 Å². The van der Waals surface area contributed by atoms with E-state index in [4.69, 9.17) is 0 Å². The minimum Gasteiger partial charge on any atom is -0.326 e. The van der Waals surface area contributed by atoms with Crippen molar-refractivity contribution in [3.8, 4) is 0 Å². The van der Waals surface area contributed by atoms with Gasteiger partial charge in [-0.1, -0.05) is 12.8 Å². The molecule has 1 aromatic rings. The molecule has 1 aromatic carbocycles. The van der Waals surface area contributed by atoms with Crippen LogP contribution >= 0.6 is 22.6 Å². The zero-order valence-corrected chi connectivity index (χ0v) is 11.4. The first-order chi connectivity index (χ1) is 7.74. The van der Waals surface area contributed by atoms with E-state index in [2.05, 4.69) is 27.9 Å². The molecule has 0 aliphatic heterocycles. The van der Waals surface area contributed by atoms with Crippen LogP contribution in [0.1, 0.15) is 32.1 Å². The van der Waals surface area contributed by atoms with E-state index in [-0.39, 0.29) is 5.91 Å². The smallest absolute Gasteiger partial charge is 0.224 e. The first-order valence-electron chi connectivity index (χ1n) is 5.79. The maximum absolute atomic E-state index is 11.7. The Bertz CT molecular complexity index is 355. The summed E-state index contributed by atoms with van der Waals surface area (Å²) in [6, 6.07) is 7.92. The normalized spacial score (nSPS) is 16.3. The molecule has 0 radical (unpaired) electrons. The van der Waals surface area contributed by atoms with Crippen molar-refractivity contribution in [3.05, 3.63) is 27.8 Å². The molecular weight excluding hydrogens is 313 g/mol.